The topological polar surface area (TPSA) is 59.6 Å². The summed E-state index contributed by atoms with van der Waals surface area (Å²) in [6, 6.07) is 13.4. The van der Waals surface area contributed by atoms with Crippen LogP contribution in [0.25, 0.3) is 0 Å². The lowest BCUT2D eigenvalue weighted by Gasteiger charge is -2.07. The van der Waals surface area contributed by atoms with Crippen molar-refractivity contribution in [3.05, 3.63) is 72.1 Å². The highest BCUT2D eigenvalue weighted by Crippen LogP contribution is 2.21. The summed E-state index contributed by atoms with van der Waals surface area (Å²) in [6.45, 7) is 6.79. The summed E-state index contributed by atoms with van der Waals surface area (Å²) in [5.41, 5.74) is 7.76. The third kappa shape index (κ3) is 6.99. The molecule has 0 fully saturated rings. The summed E-state index contributed by atoms with van der Waals surface area (Å²) in [5.74, 6) is 1.37. The molecule has 4 nitrogen and oxygen atoms in total. The van der Waals surface area contributed by atoms with Crippen molar-refractivity contribution < 1.29 is 9.13 Å². The van der Waals surface area contributed by atoms with Crippen molar-refractivity contribution in [1.82, 2.24) is 5.32 Å². The maximum absolute atomic E-state index is 12.8. The number of nitrogens with one attached hydrogen (secondary N) is 1. The van der Waals surface area contributed by atoms with Gasteiger partial charge in [-0.15, -0.1) is 24.0 Å². The van der Waals surface area contributed by atoms with E-state index in [4.69, 9.17) is 10.5 Å². The zero-order valence-corrected chi connectivity index (χ0v) is 15.8. The van der Waals surface area contributed by atoms with Crippen molar-refractivity contribution in [1.29, 1.82) is 0 Å². The molecule has 0 bridgehead atoms. The monoisotopic (exact) mass is 441 g/mol. The lowest BCUT2D eigenvalue weighted by Crippen LogP contribution is -2.32. The van der Waals surface area contributed by atoms with Crippen molar-refractivity contribution in [3.8, 4) is 11.5 Å². The normalized spacial score (nSPS) is 10.7. The Labute approximate surface area is 158 Å². The number of guanidine groups is 1. The van der Waals surface area contributed by atoms with E-state index in [9.17, 15) is 4.39 Å². The van der Waals surface area contributed by atoms with Crippen molar-refractivity contribution in [2.24, 2.45) is 10.7 Å². The van der Waals surface area contributed by atoms with Gasteiger partial charge in [0.05, 0.1) is 6.54 Å². The Morgan fingerprint density at radius 1 is 1.12 bits per heavy atom. The molecule has 3 N–H and O–H groups in total. The molecule has 6 heteroatoms. The Bertz CT molecular complexity index is 684. The molecule has 0 aliphatic heterocycles. The van der Waals surface area contributed by atoms with Crippen molar-refractivity contribution >= 4 is 29.9 Å². The van der Waals surface area contributed by atoms with E-state index >= 15 is 0 Å². The molecular formula is C18H21FIN3O. The summed E-state index contributed by atoms with van der Waals surface area (Å²) < 4.78 is 18.5. The van der Waals surface area contributed by atoms with Gasteiger partial charge in [-0.25, -0.2) is 9.38 Å². The molecule has 0 aromatic heterocycles. The third-order valence-corrected chi connectivity index (χ3v) is 2.98. The Morgan fingerprint density at radius 3 is 2.21 bits per heavy atom. The fourth-order valence-corrected chi connectivity index (χ4v) is 1.78. The average molecular weight is 441 g/mol. The molecule has 2 aromatic carbocycles. The van der Waals surface area contributed by atoms with E-state index in [0.29, 0.717) is 30.5 Å². The number of hydrogen-bond donors (Lipinski definition) is 2. The standard InChI is InChI=1S/C18H20FN3O.HI/c1-13(2)11-21-18(20)22-12-14-3-7-16(8-4-14)23-17-9-5-15(19)6-10-17;/h3-10H,1,11-12H2,2H3,(H3,20,21,22);1H. The van der Waals surface area contributed by atoms with Gasteiger partial charge in [0.2, 0.25) is 0 Å². The van der Waals surface area contributed by atoms with E-state index in [-0.39, 0.29) is 29.8 Å². The van der Waals surface area contributed by atoms with Gasteiger partial charge in [-0.3, -0.25) is 0 Å². The zero-order valence-electron chi connectivity index (χ0n) is 13.5. The minimum atomic E-state index is -0.289. The zero-order chi connectivity index (χ0) is 16.7. The molecule has 0 saturated heterocycles. The summed E-state index contributed by atoms with van der Waals surface area (Å²) in [5, 5.41) is 2.97. The summed E-state index contributed by atoms with van der Waals surface area (Å²) in [4.78, 5) is 4.25. The molecule has 0 amide bonds. The van der Waals surface area contributed by atoms with Crippen LogP contribution in [-0.4, -0.2) is 12.5 Å². The highest BCUT2D eigenvalue weighted by atomic mass is 127. The minimum absolute atomic E-state index is 0. The molecule has 128 valence electrons. The van der Waals surface area contributed by atoms with Crippen LogP contribution >= 0.6 is 24.0 Å². The number of ether oxygens (including phenoxy) is 1. The molecule has 0 saturated carbocycles. The molecule has 2 rings (SSSR count). The SMILES string of the molecule is C=C(C)CNC(N)=NCc1ccc(Oc2ccc(F)cc2)cc1.I. The lowest BCUT2D eigenvalue weighted by atomic mass is 10.2. The largest absolute Gasteiger partial charge is 0.457 e. The molecule has 2 aromatic rings. The van der Waals surface area contributed by atoms with Gasteiger partial charge in [0.25, 0.3) is 0 Å². The van der Waals surface area contributed by atoms with Gasteiger partial charge in [-0.1, -0.05) is 24.3 Å². The van der Waals surface area contributed by atoms with Crippen molar-refractivity contribution in [2.75, 3.05) is 6.54 Å². The number of nitrogens with two attached hydrogens (primary N) is 1. The number of hydrogen-bond acceptors (Lipinski definition) is 2. The first kappa shape index (κ1) is 20.0. The van der Waals surface area contributed by atoms with Crippen LogP contribution in [0.1, 0.15) is 12.5 Å². The molecule has 24 heavy (non-hydrogen) atoms. The van der Waals surface area contributed by atoms with E-state index in [1.165, 1.54) is 12.1 Å². The fraction of sp³-hybridized carbons (Fsp3) is 0.167. The van der Waals surface area contributed by atoms with Crippen LogP contribution < -0.4 is 15.8 Å². The Morgan fingerprint density at radius 2 is 1.67 bits per heavy atom. The van der Waals surface area contributed by atoms with E-state index in [1.54, 1.807) is 12.1 Å². The number of nitrogens with zero attached hydrogens (tertiary/aromatic N) is 1. The van der Waals surface area contributed by atoms with Crippen molar-refractivity contribution in [2.45, 2.75) is 13.5 Å². The Hall–Kier alpha value is -2.09. The second kappa shape index (κ2) is 9.92. The second-order valence-corrected chi connectivity index (χ2v) is 5.21. The molecule has 0 aliphatic carbocycles. The minimum Gasteiger partial charge on any atom is -0.457 e. The summed E-state index contributed by atoms with van der Waals surface area (Å²) in [7, 11) is 0. The van der Waals surface area contributed by atoms with Gasteiger partial charge >= 0.3 is 0 Å². The van der Waals surface area contributed by atoms with E-state index < -0.39 is 0 Å². The summed E-state index contributed by atoms with van der Waals surface area (Å²) >= 11 is 0. The number of rotatable bonds is 6. The van der Waals surface area contributed by atoms with Gasteiger partial charge in [-0.2, -0.15) is 0 Å². The Kier molecular flexibility index (Phi) is 8.25. The van der Waals surface area contributed by atoms with Gasteiger partial charge in [0, 0.05) is 6.54 Å². The van der Waals surface area contributed by atoms with Gasteiger partial charge in [0.1, 0.15) is 17.3 Å². The first-order valence-electron chi connectivity index (χ1n) is 7.23. The fourth-order valence-electron chi connectivity index (χ4n) is 1.78. The molecule has 0 spiro atoms. The first-order valence-corrected chi connectivity index (χ1v) is 7.23. The molecule has 0 heterocycles. The van der Waals surface area contributed by atoms with Crippen LogP contribution in [0.15, 0.2) is 65.7 Å². The maximum Gasteiger partial charge on any atom is 0.189 e. The van der Waals surface area contributed by atoms with Crippen molar-refractivity contribution in [3.63, 3.8) is 0 Å². The van der Waals surface area contributed by atoms with Gasteiger partial charge < -0.3 is 15.8 Å². The molecule has 0 atom stereocenters. The predicted octanol–water partition coefficient (Wildman–Crippen LogP) is 4.22. The average Bonchev–Trinajstić information content (AvgIpc) is 2.54. The van der Waals surface area contributed by atoms with E-state index in [0.717, 1.165) is 11.1 Å². The molecular weight excluding hydrogens is 420 g/mol. The molecule has 0 unspecified atom stereocenters. The summed E-state index contributed by atoms with van der Waals surface area (Å²) in [6.07, 6.45) is 0. The van der Waals surface area contributed by atoms with E-state index in [2.05, 4.69) is 16.9 Å². The maximum atomic E-state index is 12.8. The smallest absolute Gasteiger partial charge is 0.189 e. The van der Waals surface area contributed by atoms with Gasteiger partial charge in [0.15, 0.2) is 5.96 Å². The third-order valence-electron chi connectivity index (χ3n) is 2.98. The lowest BCUT2D eigenvalue weighted by molar-refractivity contribution is 0.480. The first-order chi connectivity index (χ1) is 11.0. The van der Waals surface area contributed by atoms with Gasteiger partial charge in [-0.05, 0) is 48.9 Å². The van der Waals surface area contributed by atoms with E-state index in [1.807, 2.05) is 31.2 Å². The quantitative estimate of drug-likeness (QED) is 0.306. The van der Waals surface area contributed by atoms with Crippen LogP contribution in [0, 0.1) is 5.82 Å². The molecule has 0 aliphatic rings. The van der Waals surface area contributed by atoms with Crippen LogP contribution in [0.2, 0.25) is 0 Å². The molecule has 0 radical (unpaired) electrons. The van der Waals surface area contributed by atoms with Crippen LogP contribution in [0.4, 0.5) is 4.39 Å². The number of benzene rings is 2. The number of aliphatic imine (C=N–C) groups is 1. The second-order valence-electron chi connectivity index (χ2n) is 5.21. The Balaban J connectivity index is 0.00000288. The van der Waals surface area contributed by atoms with Crippen LogP contribution in [0.3, 0.4) is 0 Å². The highest BCUT2D eigenvalue weighted by Gasteiger charge is 1.99. The van der Waals surface area contributed by atoms with Crippen LogP contribution in [0.5, 0.6) is 11.5 Å². The van der Waals surface area contributed by atoms with Crippen LogP contribution in [-0.2, 0) is 6.54 Å². The predicted molar refractivity (Wildman–Crippen MR) is 106 cm³/mol. The highest BCUT2D eigenvalue weighted by molar-refractivity contribution is 14.0. The number of halogens is 2.